The first-order chi connectivity index (χ1) is 12.5. The van der Waals surface area contributed by atoms with Crippen LogP contribution in [-0.4, -0.2) is 36.8 Å². The van der Waals surface area contributed by atoms with Gasteiger partial charge in [0.05, 0.1) is 10.0 Å². The van der Waals surface area contributed by atoms with Crippen molar-refractivity contribution in [2.24, 2.45) is 0 Å². The van der Waals surface area contributed by atoms with Gasteiger partial charge in [-0.25, -0.2) is 8.42 Å². The summed E-state index contributed by atoms with van der Waals surface area (Å²) in [7, 11) is -3.72. The van der Waals surface area contributed by atoms with Crippen molar-refractivity contribution in [3.05, 3.63) is 40.4 Å². The van der Waals surface area contributed by atoms with Gasteiger partial charge in [0.1, 0.15) is 22.8 Å². The van der Waals surface area contributed by atoms with Gasteiger partial charge in [0.15, 0.2) is 15.6 Å². The zero-order valence-electron chi connectivity index (χ0n) is 13.7. The molecule has 0 aliphatic heterocycles. The Bertz CT molecular complexity index is 998. The van der Waals surface area contributed by atoms with E-state index in [2.05, 4.69) is 5.32 Å². The van der Waals surface area contributed by atoms with Gasteiger partial charge in [-0.1, -0.05) is 23.2 Å². The molecule has 0 unspecified atom stereocenters. The summed E-state index contributed by atoms with van der Waals surface area (Å²) >= 11 is 12.2. The van der Waals surface area contributed by atoms with Crippen molar-refractivity contribution >= 4 is 50.6 Å². The monoisotopic (exact) mass is 433 g/mol. The number of rotatable bonds is 6. The molecule has 0 bridgehead atoms. The molecule has 144 valence electrons. The molecule has 0 fully saturated rings. The highest BCUT2D eigenvalue weighted by molar-refractivity contribution is 7.90. The Morgan fingerprint density at radius 1 is 1.15 bits per heavy atom. The lowest BCUT2D eigenvalue weighted by atomic mass is 10.2. The van der Waals surface area contributed by atoms with E-state index in [9.17, 15) is 23.1 Å². The lowest BCUT2D eigenvalue weighted by Gasteiger charge is -2.14. The van der Waals surface area contributed by atoms with E-state index in [1.165, 1.54) is 24.3 Å². The molecule has 8 nitrogen and oxygen atoms in total. The Kier molecular flexibility index (Phi) is 6.19. The second-order valence-corrected chi connectivity index (χ2v) is 8.19. The van der Waals surface area contributed by atoms with Crippen LogP contribution in [0.15, 0.2) is 35.2 Å². The molecule has 1 amide bonds. The van der Waals surface area contributed by atoms with Crippen LogP contribution in [0.5, 0.6) is 17.2 Å². The van der Waals surface area contributed by atoms with Gasteiger partial charge in [-0.2, -0.15) is 0 Å². The van der Waals surface area contributed by atoms with Crippen LogP contribution in [0.2, 0.25) is 10.0 Å². The number of carboxylic acids is 1. The zero-order valence-corrected chi connectivity index (χ0v) is 16.0. The minimum absolute atomic E-state index is 0.0550. The normalized spacial score (nSPS) is 11.1. The first-order valence-corrected chi connectivity index (χ1v) is 9.83. The van der Waals surface area contributed by atoms with Gasteiger partial charge < -0.3 is 20.3 Å². The van der Waals surface area contributed by atoms with Crippen molar-refractivity contribution < 1.29 is 33.0 Å². The Labute approximate surface area is 164 Å². The van der Waals surface area contributed by atoms with Crippen molar-refractivity contribution in [2.75, 3.05) is 11.6 Å². The average molecular weight is 434 g/mol. The molecule has 2 aromatic rings. The second kappa shape index (κ2) is 8.03. The molecule has 0 radical (unpaired) electrons. The van der Waals surface area contributed by atoms with Gasteiger partial charge in [0, 0.05) is 18.0 Å². The van der Waals surface area contributed by atoms with E-state index in [1.807, 2.05) is 0 Å². The SMILES string of the molecule is CS(=O)(=O)c1cc(O)ccc1Oc1c(Cl)cc(NC(=O)CC(=O)O)cc1Cl. The summed E-state index contributed by atoms with van der Waals surface area (Å²) < 4.78 is 29.3. The fourth-order valence-corrected chi connectivity index (χ4v) is 3.43. The smallest absolute Gasteiger partial charge is 0.312 e. The van der Waals surface area contributed by atoms with Gasteiger partial charge in [0.2, 0.25) is 5.91 Å². The van der Waals surface area contributed by atoms with Crippen LogP contribution < -0.4 is 10.1 Å². The zero-order chi connectivity index (χ0) is 20.4. The van der Waals surface area contributed by atoms with Crippen LogP contribution in [0.3, 0.4) is 0 Å². The number of carbonyl (C=O) groups is 2. The molecule has 11 heteroatoms. The molecule has 0 aliphatic rings. The fraction of sp³-hybridized carbons (Fsp3) is 0.125. The summed E-state index contributed by atoms with van der Waals surface area (Å²) in [5, 5.41) is 20.3. The third-order valence-corrected chi connectivity index (χ3v) is 4.81. The van der Waals surface area contributed by atoms with E-state index in [0.717, 1.165) is 12.3 Å². The first kappa shape index (κ1) is 20.8. The molecule has 27 heavy (non-hydrogen) atoms. The number of phenols is 1. The molecule has 2 rings (SSSR count). The molecule has 0 saturated carbocycles. The lowest BCUT2D eigenvalue weighted by Crippen LogP contribution is -2.15. The third kappa shape index (κ3) is 5.49. The summed E-state index contributed by atoms with van der Waals surface area (Å²) in [6.45, 7) is 0. The number of phenolic OH excluding ortho intramolecular Hbond substituents is 1. The summed E-state index contributed by atoms with van der Waals surface area (Å²) in [6.07, 6.45) is 0.206. The number of halogens is 2. The molecular formula is C16H13Cl2NO7S. The predicted octanol–water partition coefficient (Wildman–Crippen LogP) is 3.31. The van der Waals surface area contributed by atoms with Gasteiger partial charge in [-0.3, -0.25) is 9.59 Å². The standard InChI is InChI=1S/C16H13Cl2NO7S/c1-27(24,25)13-6-9(20)2-3-12(13)26-16-10(17)4-8(5-11(16)18)19-14(21)7-15(22)23/h2-6,20H,7H2,1H3,(H,19,21)(H,22,23). The van der Waals surface area contributed by atoms with Crippen molar-refractivity contribution in [2.45, 2.75) is 11.3 Å². The number of ether oxygens (including phenoxy) is 1. The maximum atomic E-state index is 11.9. The molecule has 0 saturated heterocycles. The molecule has 0 aromatic heterocycles. The number of nitrogens with one attached hydrogen (secondary N) is 1. The summed E-state index contributed by atoms with van der Waals surface area (Å²) in [5.74, 6) is -2.53. The van der Waals surface area contributed by atoms with Crippen molar-refractivity contribution in [1.29, 1.82) is 0 Å². The number of aliphatic carboxylic acids is 1. The highest BCUT2D eigenvalue weighted by atomic mass is 35.5. The number of aromatic hydroxyl groups is 1. The first-order valence-electron chi connectivity index (χ1n) is 7.19. The van der Waals surface area contributed by atoms with Crippen LogP contribution in [0, 0.1) is 0 Å². The quantitative estimate of drug-likeness (QED) is 0.595. The van der Waals surface area contributed by atoms with Gasteiger partial charge in [-0.15, -0.1) is 0 Å². The number of hydrogen-bond donors (Lipinski definition) is 3. The molecule has 0 heterocycles. The van der Waals surface area contributed by atoms with Crippen LogP contribution in [0.25, 0.3) is 0 Å². The molecule has 0 aliphatic carbocycles. The Morgan fingerprint density at radius 2 is 1.74 bits per heavy atom. The Balaban J connectivity index is 2.36. The maximum Gasteiger partial charge on any atom is 0.312 e. The van der Waals surface area contributed by atoms with Crippen LogP contribution in [-0.2, 0) is 19.4 Å². The number of benzene rings is 2. The van der Waals surface area contributed by atoms with Crippen LogP contribution in [0.4, 0.5) is 5.69 Å². The van der Waals surface area contributed by atoms with Gasteiger partial charge >= 0.3 is 5.97 Å². The average Bonchev–Trinajstić information content (AvgIpc) is 2.50. The molecule has 0 spiro atoms. The number of anilines is 1. The summed E-state index contributed by atoms with van der Waals surface area (Å²) in [6, 6.07) is 6.02. The van der Waals surface area contributed by atoms with Gasteiger partial charge in [-0.05, 0) is 24.3 Å². The number of sulfone groups is 1. The maximum absolute atomic E-state index is 11.9. The molecule has 0 atom stereocenters. The van der Waals surface area contributed by atoms with Crippen LogP contribution >= 0.6 is 23.2 Å². The number of carboxylic acid groups (broad SMARTS) is 1. The molecular weight excluding hydrogens is 421 g/mol. The number of amides is 1. The molecule has 2 aromatic carbocycles. The van der Waals surface area contributed by atoms with E-state index >= 15 is 0 Å². The minimum Gasteiger partial charge on any atom is -0.508 e. The van der Waals surface area contributed by atoms with Crippen molar-refractivity contribution in [3.8, 4) is 17.2 Å². The van der Waals surface area contributed by atoms with Crippen molar-refractivity contribution in [3.63, 3.8) is 0 Å². The van der Waals surface area contributed by atoms with E-state index in [0.29, 0.717) is 0 Å². The van der Waals surface area contributed by atoms with E-state index in [1.54, 1.807) is 0 Å². The van der Waals surface area contributed by atoms with E-state index < -0.39 is 28.1 Å². The highest BCUT2D eigenvalue weighted by Gasteiger charge is 2.19. The predicted molar refractivity (Wildman–Crippen MR) is 98.6 cm³/mol. The third-order valence-electron chi connectivity index (χ3n) is 3.13. The Hall–Kier alpha value is -2.49. The van der Waals surface area contributed by atoms with Gasteiger partial charge in [0.25, 0.3) is 0 Å². The lowest BCUT2D eigenvalue weighted by molar-refractivity contribution is -0.139. The van der Waals surface area contributed by atoms with Crippen LogP contribution in [0.1, 0.15) is 6.42 Å². The highest BCUT2D eigenvalue weighted by Crippen LogP contribution is 2.41. The minimum atomic E-state index is -3.72. The topological polar surface area (TPSA) is 130 Å². The van der Waals surface area contributed by atoms with E-state index in [-0.39, 0.29) is 37.9 Å². The Morgan fingerprint density at radius 3 is 2.26 bits per heavy atom. The molecule has 3 N–H and O–H groups in total. The fourth-order valence-electron chi connectivity index (χ4n) is 2.05. The van der Waals surface area contributed by atoms with E-state index in [4.69, 9.17) is 33.0 Å². The summed E-state index contributed by atoms with van der Waals surface area (Å²) in [5.41, 5.74) is 0.137. The number of hydrogen-bond acceptors (Lipinski definition) is 6. The summed E-state index contributed by atoms with van der Waals surface area (Å²) in [4.78, 5) is 21.8. The number of carbonyl (C=O) groups excluding carboxylic acids is 1. The largest absolute Gasteiger partial charge is 0.508 e. The second-order valence-electron chi connectivity index (χ2n) is 5.39. The van der Waals surface area contributed by atoms with Crippen molar-refractivity contribution in [1.82, 2.24) is 0 Å².